The van der Waals surface area contributed by atoms with Crippen molar-refractivity contribution in [1.82, 2.24) is 30.3 Å². The highest BCUT2D eigenvalue weighted by Crippen LogP contribution is 2.40. The molecule has 13 nitrogen and oxygen atoms in total. The Hall–Kier alpha value is -5.21. The van der Waals surface area contributed by atoms with Gasteiger partial charge in [0, 0.05) is 27.4 Å². The lowest BCUT2D eigenvalue weighted by Crippen LogP contribution is -2.54. The fraction of sp³-hybridized carbons (Fsp3) is 0.294. The second kappa shape index (κ2) is 12.7. The molecule has 5 heterocycles. The number of ether oxygens (including phenoxy) is 1. The average Bonchev–Trinajstić information content (AvgIpc) is 3.65. The van der Waals surface area contributed by atoms with Crippen molar-refractivity contribution < 1.29 is 28.7 Å². The smallest absolute Gasteiger partial charge is 0.266 e. The molecule has 4 aromatic rings. The van der Waals surface area contributed by atoms with Crippen LogP contribution in [0, 0.1) is 20.8 Å². The molecular formula is C34H30ClN7O6S. The van der Waals surface area contributed by atoms with Gasteiger partial charge in [0.05, 0.1) is 29.8 Å². The summed E-state index contributed by atoms with van der Waals surface area (Å²) < 4.78 is 7.85. The lowest BCUT2D eigenvalue weighted by atomic mass is 9.99. The van der Waals surface area contributed by atoms with Crippen LogP contribution >= 0.6 is 22.9 Å². The molecule has 5 amide bonds. The number of carbonyl (C=O) groups excluding carboxylic acids is 5. The van der Waals surface area contributed by atoms with Gasteiger partial charge < -0.3 is 10.1 Å². The summed E-state index contributed by atoms with van der Waals surface area (Å²) in [6.07, 6.45) is 0.0540. The number of piperidine rings is 1. The van der Waals surface area contributed by atoms with Gasteiger partial charge in [-0.2, -0.15) is 0 Å². The summed E-state index contributed by atoms with van der Waals surface area (Å²) in [6, 6.07) is 10.3. The van der Waals surface area contributed by atoms with Gasteiger partial charge in [0.2, 0.25) is 17.7 Å². The van der Waals surface area contributed by atoms with E-state index in [2.05, 4.69) is 34.7 Å². The quantitative estimate of drug-likeness (QED) is 0.207. The first-order chi connectivity index (χ1) is 23.5. The molecule has 0 bridgehead atoms. The van der Waals surface area contributed by atoms with E-state index < -0.39 is 35.7 Å². The molecule has 15 heteroatoms. The maximum atomic E-state index is 13.4. The van der Waals surface area contributed by atoms with Crippen molar-refractivity contribution in [2.24, 2.45) is 4.99 Å². The minimum absolute atomic E-state index is 0.00289. The van der Waals surface area contributed by atoms with Gasteiger partial charge in [-0.25, -0.2) is 0 Å². The van der Waals surface area contributed by atoms with Crippen molar-refractivity contribution in [1.29, 1.82) is 0 Å². The molecule has 1 saturated heterocycles. The van der Waals surface area contributed by atoms with E-state index in [9.17, 15) is 24.0 Å². The Balaban J connectivity index is 1.06. The number of aryl methyl sites for hydroxylation is 2. The summed E-state index contributed by atoms with van der Waals surface area (Å²) in [4.78, 5) is 71.0. The zero-order valence-corrected chi connectivity index (χ0v) is 28.3. The number of benzene rings is 2. The van der Waals surface area contributed by atoms with Crippen molar-refractivity contribution in [3.05, 3.63) is 91.8 Å². The zero-order chi connectivity index (χ0) is 34.6. The number of aromatic nitrogens is 3. The number of hydrogen-bond donors (Lipinski definition) is 2. The van der Waals surface area contributed by atoms with Gasteiger partial charge in [0.25, 0.3) is 11.8 Å². The number of nitrogens with zero attached hydrogens (tertiary/aromatic N) is 5. The SMILES string of the molecule is Cc1sc2c(c1C)C(c1ccc(Cl)cc1)=N[C@@H](CC(=O)NCCOc1cccc3c1C(=O)N(C1CCC(=O)NC1=O)C3=O)c1nnc(C)n1-2. The van der Waals surface area contributed by atoms with Gasteiger partial charge in [-0.1, -0.05) is 29.8 Å². The number of hydrogen-bond acceptors (Lipinski definition) is 10. The first-order valence-corrected chi connectivity index (χ1v) is 16.8. The Morgan fingerprint density at radius 1 is 1.04 bits per heavy atom. The van der Waals surface area contributed by atoms with Gasteiger partial charge in [-0.05, 0) is 57.0 Å². The van der Waals surface area contributed by atoms with Gasteiger partial charge >= 0.3 is 0 Å². The maximum Gasteiger partial charge on any atom is 0.266 e. The summed E-state index contributed by atoms with van der Waals surface area (Å²) >= 11 is 7.82. The molecule has 1 unspecified atom stereocenters. The molecule has 2 aromatic heterocycles. The van der Waals surface area contributed by atoms with Crippen molar-refractivity contribution in [3.63, 3.8) is 0 Å². The van der Waals surface area contributed by atoms with Crippen LogP contribution in [0.3, 0.4) is 0 Å². The normalized spacial score (nSPS) is 18.4. The van der Waals surface area contributed by atoms with E-state index in [1.807, 2.05) is 35.8 Å². The highest BCUT2D eigenvalue weighted by atomic mass is 35.5. The number of aliphatic imine (C=N–C) groups is 1. The Morgan fingerprint density at radius 3 is 2.57 bits per heavy atom. The van der Waals surface area contributed by atoms with Crippen LogP contribution in [0.2, 0.25) is 5.02 Å². The third-order valence-electron chi connectivity index (χ3n) is 8.85. The molecule has 2 aromatic carbocycles. The zero-order valence-electron chi connectivity index (χ0n) is 26.7. The molecule has 1 fully saturated rings. The molecule has 0 saturated carbocycles. The Labute approximate surface area is 289 Å². The molecule has 0 radical (unpaired) electrons. The van der Waals surface area contributed by atoms with Crippen LogP contribution in [0.15, 0.2) is 47.5 Å². The van der Waals surface area contributed by atoms with Gasteiger partial charge in [-0.3, -0.25) is 43.7 Å². The largest absolute Gasteiger partial charge is 0.491 e. The van der Waals surface area contributed by atoms with Crippen LogP contribution in [-0.4, -0.2) is 74.1 Å². The van der Waals surface area contributed by atoms with E-state index >= 15 is 0 Å². The van der Waals surface area contributed by atoms with Crippen LogP contribution in [0.4, 0.5) is 0 Å². The summed E-state index contributed by atoms with van der Waals surface area (Å²) in [7, 11) is 0. The van der Waals surface area contributed by atoms with Crippen LogP contribution in [0.25, 0.3) is 5.00 Å². The molecule has 2 atom stereocenters. The van der Waals surface area contributed by atoms with Crippen LogP contribution < -0.4 is 15.4 Å². The predicted molar refractivity (Wildman–Crippen MR) is 180 cm³/mol. The number of halogens is 1. The Bertz CT molecular complexity index is 2100. The summed E-state index contributed by atoms with van der Waals surface area (Å²) in [5.41, 5.74) is 3.80. The van der Waals surface area contributed by atoms with E-state index in [4.69, 9.17) is 21.3 Å². The minimum Gasteiger partial charge on any atom is -0.491 e. The lowest BCUT2D eigenvalue weighted by Gasteiger charge is -2.27. The summed E-state index contributed by atoms with van der Waals surface area (Å²) in [6.45, 7) is 6.08. The third kappa shape index (κ3) is 5.70. The second-order valence-corrected chi connectivity index (χ2v) is 13.6. The van der Waals surface area contributed by atoms with Crippen LogP contribution in [-0.2, 0) is 14.4 Å². The number of carbonyl (C=O) groups is 5. The van der Waals surface area contributed by atoms with E-state index in [1.165, 1.54) is 6.07 Å². The van der Waals surface area contributed by atoms with Crippen LogP contribution in [0.5, 0.6) is 5.75 Å². The first-order valence-electron chi connectivity index (χ1n) is 15.6. The molecule has 0 aliphatic carbocycles. The molecule has 3 aliphatic rings. The first kappa shape index (κ1) is 32.3. The highest BCUT2D eigenvalue weighted by Gasteiger charge is 2.46. The molecule has 0 spiro atoms. The molecule has 49 heavy (non-hydrogen) atoms. The lowest BCUT2D eigenvalue weighted by molar-refractivity contribution is -0.136. The highest BCUT2D eigenvalue weighted by molar-refractivity contribution is 7.15. The second-order valence-electron chi connectivity index (χ2n) is 11.9. The van der Waals surface area contributed by atoms with Crippen molar-refractivity contribution in [3.8, 4) is 10.8 Å². The van der Waals surface area contributed by atoms with E-state index in [-0.39, 0.29) is 55.2 Å². The Morgan fingerprint density at radius 2 is 1.82 bits per heavy atom. The molecule has 2 N–H and O–H groups in total. The number of nitrogens with one attached hydrogen (secondary N) is 2. The standard InChI is InChI=1S/C34H30ClN7O6S/c1-16-17(2)49-34-27(16)29(19-7-9-20(35)10-8-19)37-22(30-40-39-18(3)41(30)34)15-26(44)36-13-14-48-24-6-4-5-21-28(24)33(47)42(32(21)46)23-11-12-25(43)38-31(23)45/h4-10,22-23H,11-15H2,1-3H3,(H,36,44)(H,38,43,45)/t22-,23?/m0/s1. The number of imide groups is 2. The van der Waals surface area contributed by atoms with Crippen molar-refractivity contribution in [2.45, 2.75) is 52.1 Å². The number of rotatable bonds is 8. The predicted octanol–water partition coefficient (Wildman–Crippen LogP) is 3.79. The molecular weight excluding hydrogens is 670 g/mol. The fourth-order valence-electron chi connectivity index (χ4n) is 6.34. The number of amides is 5. The molecule has 7 rings (SSSR count). The van der Waals surface area contributed by atoms with E-state index in [1.54, 1.807) is 23.5 Å². The average molecular weight is 700 g/mol. The van der Waals surface area contributed by atoms with Gasteiger partial charge in [0.1, 0.15) is 35.3 Å². The van der Waals surface area contributed by atoms with Crippen molar-refractivity contribution in [2.75, 3.05) is 13.2 Å². The van der Waals surface area contributed by atoms with Crippen molar-refractivity contribution >= 4 is 58.2 Å². The van der Waals surface area contributed by atoms with E-state index in [0.717, 1.165) is 37.2 Å². The number of fused-ring (bicyclic) bond motifs is 4. The monoisotopic (exact) mass is 699 g/mol. The topological polar surface area (TPSA) is 165 Å². The minimum atomic E-state index is -1.09. The third-order valence-corrected chi connectivity index (χ3v) is 10.3. The number of thiophene rings is 1. The summed E-state index contributed by atoms with van der Waals surface area (Å²) in [5, 5.41) is 15.4. The Kier molecular flexibility index (Phi) is 8.36. The van der Waals surface area contributed by atoms with Gasteiger partial charge in [-0.15, -0.1) is 21.5 Å². The van der Waals surface area contributed by atoms with Gasteiger partial charge in [0.15, 0.2) is 5.82 Å². The van der Waals surface area contributed by atoms with Crippen LogP contribution in [0.1, 0.15) is 79.2 Å². The fourth-order valence-corrected chi connectivity index (χ4v) is 7.68. The maximum absolute atomic E-state index is 13.4. The molecule has 3 aliphatic heterocycles. The summed E-state index contributed by atoms with van der Waals surface area (Å²) in [5.74, 6) is -1.34. The molecule has 250 valence electrons. The van der Waals surface area contributed by atoms with E-state index in [0.29, 0.717) is 16.7 Å².